The van der Waals surface area contributed by atoms with Crippen molar-refractivity contribution in [2.75, 3.05) is 23.3 Å². The summed E-state index contributed by atoms with van der Waals surface area (Å²) < 4.78 is 0. The third kappa shape index (κ3) is 7.98. The fourth-order valence-electron chi connectivity index (χ4n) is 3.75. The van der Waals surface area contributed by atoms with E-state index in [9.17, 15) is 14.7 Å². The quantitative estimate of drug-likeness (QED) is 0.498. The molecule has 32 heavy (non-hydrogen) atoms. The maximum atomic E-state index is 12.9. The van der Waals surface area contributed by atoms with Crippen molar-refractivity contribution in [1.29, 1.82) is 0 Å². The molecule has 0 fully saturated rings. The summed E-state index contributed by atoms with van der Waals surface area (Å²) in [6.45, 7) is 14.3. The van der Waals surface area contributed by atoms with Crippen molar-refractivity contribution in [3.63, 3.8) is 0 Å². The number of nitrogens with zero attached hydrogens (tertiary/aromatic N) is 2. The second-order valence-corrected chi connectivity index (χ2v) is 9.50. The summed E-state index contributed by atoms with van der Waals surface area (Å²) >= 11 is 0. The Morgan fingerprint density at radius 3 is 2.22 bits per heavy atom. The average Bonchev–Trinajstić information content (AvgIpc) is 2.68. The fraction of sp³-hybridized carbons (Fsp3) is 0.500. The molecule has 6 heteroatoms. The van der Waals surface area contributed by atoms with Crippen molar-refractivity contribution in [1.82, 2.24) is 4.98 Å². The lowest BCUT2D eigenvalue weighted by molar-refractivity contribution is -0.137. The Morgan fingerprint density at radius 1 is 1.03 bits per heavy atom. The average molecular weight is 440 g/mol. The summed E-state index contributed by atoms with van der Waals surface area (Å²) in [5.74, 6) is -0.181. The predicted octanol–water partition coefficient (Wildman–Crippen LogP) is 5.27. The lowest BCUT2D eigenvalue weighted by atomic mass is 9.96. The zero-order valence-electron chi connectivity index (χ0n) is 20.2. The molecule has 6 nitrogen and oxygen atoms in total. The number of pyridine rings is 1. The number of anilines is 2. The zero-order valence-corrected chi connectivity index (χ0v) is 20.2. The Hall–Kier alpha value is -2.89. The Balaban J connectivity index is 2.37. The van der Waals surface area contributed by atoms with Crippen LogP contribution in [0.25, 0.3) is 0 Å². The van der Waals surface area contributed by atoms with E-state index in [2.05, 4.69) is 42.9 Å². The summed E-state index contributed by atoms with van der Waals surface area (Å²) in [5, 5.41) is 12.3. The summed E-state index contributed by atoms with van der Waals surface area (Å²) in [7, 11) is 0. The Labute approximate surface area is 192 Å². The largest absolute Gasteiger partial charge is 0.481 e. The van der Waals surface area contributed by atoms with Crippen molar-refractivity contribution in [2.24, 2.45) is 11.8 Å². The number of amides is 1. The van der Waals surface area contributed by atoms with Crippen LogP contribution in [0, 0.1) is 18.8 Å². The number of aliphatic carboxylic acids is 1. The van der Waals surface area contributed by atoms with Crippen LogP contribution < -0.4 is 10.2 Å². The number of carbonyl (C=O) groups is 2. The maximum absolute atomic E-state index is 12.9. The minimum absolute atomic E-state index is 0.0451. The number of carbonyl (C=O) groups excluding carboxylic acids is 1. The van der Waals surface area contributed by atoms with Crippen LogP contribution in [0.3, 0.4) is 0 Å². The molecule has 1 unspecified atom stereocenters. The van der Waals surface area contributed by atoms with Gasteiger partial charge in [-0.25, -0.2) is 0 Å². The topological polar surface area (TPSA) is 82.5 Å². The van der Waals surface area contributed by atoms with Crippen LogP contribution in [-0.2, 0) is 16.0 Å². The molecule has 1 heterocycles. The van der Waals surface area contributed by atoms with Crippen LogP contribution in [0.4, 0.5) is 11.4 Å². The van der Waals surface area contributed by atoms with Gasteiger partial charge in [0.25, 0.3) is 0 Å². The molecule has 2 N–H and O–H groups in total. The molecule has 0 saturated carbocycles. The maximum Gasteiger partial charge on any atom is 0.303 e. The van der Waals surface area contributed by atoms with Crippen molar-refractivity contribution >= 4 is 23.3 Å². The molecule has 0 radical (unpaired) electrons. The minimum Gasteiger partial charge on any atom is -0.481 e. The van der Waals surface area contributed by atoms with E-state index in [1.54, 1.807) is 6.20 Å². The first-order chi connectivity index (χ1) is 15.0. The van der Waals surface area contributed by atoms with Crippen molar-refractivity contribution in [3.8, 4) is 0 Å². The van der Waals surface area contributed by atoms with E-state index < -0.39 is 5.97 Å². The van der Waals surface area contributed by atoms with Crippen LogP contribution in [0.2, 0.25) is 0 Å². The number of hydrogen-bond donors (Lipinski definition) is 2. The molecule has 2 rings (SSSR count). The van der Waals surface area contributed by atoms with E-state index in [0.29, 0.717) is 11.8 Å². The molecule has 0 aliphatic heterocycles. The van der Waals surface area contributed by atoms with Crippen LogP contribution >= 0.6 is 0 Å². The van der Waals surface area contributed by atoms with Gasteiger partial charge >= 0.3 is 5.97 Å². The summed E-state index contributed by atoms with van der Waals surface area (Å²) in [5.41, 5.74) is 4.36. The van der Waals surface area contributed by atoms with E-state index in [0.717, 1.165) is 41.3 Å². The number of hydrogen-bond acceptors (Lipinski definition) is 4. The van der Waals surface area contributed by atoms with Gasteiger partial charge in [-0.3, -0.25) is 14.6 Å². The van der Waals surface area contributed by atoms with Crippen molar-refractivity contribution in [3.05, 3.63) is 53.3 Å². The van der Waals surface area contributed by atoms with Crippen LogP contribution in [0.5, 0.6) is 0 Å². The standard InChI is InChI=1S/C26H37N3O3/c1-17(2)15-29(16-18(3)4)24-10-9-22(19(5)11-26(31)32)13-23(24)28-25(30)12-21-8-7-20(6)27-14-21/h7-10,13-14,17-19H,11-12,15-16H2,1-6H3,(H,28,30)(H,31,32). The molecule has 0 spiro atoms. The molecule has 2 aromatic rings. The van der Waals surface area contributed by atoms with Gasteiger partial charge in [0.2, 0.25) is 5.91 Å². The second-order valence-electron chi connectivity index (χ2n) is 9.50. The molecule has 0 saturated heterocycles. The SMILES string of the molecule is Cc1ccc(CC(=O)Nc2cc(C(C)CC(=O)O)ccc2N(CC(C)C)CC(C)C)cn1. The number of benzene rings is 1. The number of carboxylic acids is 1. The molecule has 0 aliphatic carbocycles. The minimum atomic E-state index is -0.833. The van der Waals surface area contributed by atoms with Gasteiger partial charge in [0.15, 0.2) is 0 Å². The predicted molar refractivity (Wildman–Crippen MR) is 130 cm³/mol. The summed E-state index contributed by atoms with van der Waals surface area (Å²) in [6, 6.07) is 9.74. The van der Waals surface area contributed by atoms with Gasteiger partial charge < -0.3 is 15.3 Å². The molecule has 1 atom stereocenters. The van der Waals surface area contributed by atoms with Gasteiger partial charge in [-0.15, -0.1) is 0 Å². The summed E-state index contributed by atoms with van der Waals surface area (Å²) in [4.78, 5) is 30.7. The third-order valence-electron chi connectivity index (χ3n) is 5.19. The molecule has 0 bridgehead atoms. The van der Waals surface area contributed by atoms with Gasteiger partial charge in [0.05, 0.1) is 24.2 Å². The third-order valence-corrected chi connectivity index (χ3v) is 5.19. The highest BCUT2D eigenvalue weighted by Crippen LogP contribution is 2.32. The van der Waals surface area contributed by atoms with Crippen LogP contribution in [0.1, 0.15) is 63.8 Å². The van der Waals surface area contributed by atoms with Crippen molar-refractivity contribution < 1.29 is 14.7 Å². The van der Waals surface area contributed by atoms with E-state index in [-0.39, 0.29) is 24.7 Å². The normalized spacial score (nSPS) is 12.1. The van der Waals surface area contributed by atoms with Gasteiger partial charge in [-0.2, -0.15) is 0 Å². The van der Waals surface area contributed by atoms with Crippen molar-refractivity contribution in [2.45, 2.75) is 60.3 Å². The highest BCUT2D eigenvalue weighted by atomic mass is 16.4. The highest BCUT2D eigenvalue weighted by Gasteiger charge is 2.19. The van der Waals surface area contributed by atoms with Crippen LogP contribution in [-0.4, -0.2) is 35.1 Å². The number of rotatable bonds is 11. The summed E-state index contributed by atoms with van der Waals surface area (Å²) in [6.07, 6.45) is 2.00. The molecule has 1 amide bonds. The zero-order chi connectivity index (χ0) is 23.8. The molecule has 0 aliphatic rings. The van der Waals surface area contributed by atoms with E-state index in [1.807, 2.05) is 44.2 Å². The fourth-order valence-corrected chi connectivity index (χ4v) is 3.75. The van der Waals surface area contributed by atoms with Gasteiger partial charge in [-0.1, -0.05) is 46.8 Å². The second kappa shape index (κ2) is 11.7. The molecular formula is C26H37N3O3. The Bertz CT molecular complexity index is 897. The Morgan fingerprint density at radius 2 is 1.69 bits per heavy atom. The first-order valence-electron chi connectivity index (χ1n) is 11.4. The van der Waals surface area contributed by atoms with Gasteiger partial charge in [0.1, 0.15) is 0 Å². The monoisotopic (exact) mass is 439 g/mol. The molecule has 1 aromatic carbocycles. The lowest BCUT2D eigenvalue weighted by Crippen LogP contribution is -2.32. The first kappa shape index (κ1) is 25.4. The van der Waals surface area contributed by atoms with E-state index >= 15 is 0 Å². The highest BCUT2D eigenvalue weighted by molar-refractivity contribution is 5.95. The van der Waals surface area contributed by atoms with Gasteiger partial charge in [0, 0.05) is 25.0 Å². The number of aryl methyl sites for hydroxylation is 1. The number of carboxylic acid groups (broad SMARTS) is 1. The van der Waals surface area contributed by atoms with Crippen LogP contribution in [0.15, 0.2) is 36.5 Å². The smallest absolute Gasteiger partial charge is 0.303 e. The number of nitrogens with one attached hydrogen (secondary N) is 1. The first-order valence-corrected chi connectivity index (χ1v) is 11.4. The van der Waals surface area contributed by atoms with E-state index in [1.165, 1.54) is 0 Å². The Kier molecular flexibility index (Phi) is 9.24. The van der Waals surface area contributed by atoms with Gasteiger partial charge in [-0.05, 0) is 54.0 Å². The molecular weight excluding hydrogens is 402 g/mol. The lowest BCUT2D eigenvalue weighted by Gasteiger charge is -2.31. The van der Waals surface area contributed by atoms with E-state index in [4.69, 9.17) is 0 Å². The number of aromatic nitrogens is 1. The molecule has 1 aromatic heterocycles. The molecule has 174 valence electrons.